The molecule has 0 saturated carbocycles. The van der Waals surface area contributed by atoms with E-state index < -0.39 is 23.6 Å². The molecule has 2 heterocycles. The fourth-order valence-electron chi connectivity index (χ4n) is 5.14. The molecule has 236 valence electrons. The lowest BCUT2D eigenvalue weighted by atomic mass is 9.85. The molecule has 43 heavy (non-hydrogen) atoms. The van der Waals surface area contributed by atoms with E-state index in [1.165, 1.54) is 4.90 Å². The van der Waals surface area contributed by atoms with Crippen LogP contribution in [0.3, 0.4) is 0 Å². The molecule has 1 aromatic carbocycles. The van der Waals surface area contributed by atoms with Crippen LogP contribution in [-0.4, -0.2) is 69.9 Å². The van der Waals surface area contributed by atoms with Gasteiger partial charge < -0.3 is 26.0 Å². The van der Waals surface area contributed by atoms with Crippen LogP contribution in [-0.2, 0) is 25.7 Å². The molecule has 4 N–H and O–H groups in total. The molecule has 0 aliphatic carbocycles. The molecular formula is C32H47N5O5S. The molecule has 3 rings (SSSR count). The second-order valence-electron chi connectivity index (χ2n) is 12.4. The van der Waals surface area contributed by atoms with Crippen molar-refractivity contribution < 1.29 is 24.3 Å². The van der Waals surface area contributed by atoms with Crippen molar-refractivity contribution in [2.75, 3.05) is 13.1 Å². The van der Waals surface area contributed by atoms with Crippen molar-refractivity contribution in [1.82, 2.24) is 25.8 Å². The minimum Gasteiger partial charge on any atom is -0.391 e. The van der Waals surface area contributed by atoms with Gasteiger partial charge >= 0.3 is 0 Å². The lowest BCUT2D eigenvalue weighted by Crippen LogP contribution is -2.57. The number of carbonyl (C=O) groups excluding carboxylic acids is 4. The lowest BCUT2D eigenvalue weighted by Gasteiger charge is -2.35. The summed E-state index contributed by atoms with van der Waals surface area (Å²) in [5, 5.41) is 19.1. The number of amides is 4. The first-order chi connectivity index (χ1) is 20.4. The van der Waals surface area contributed by atoms with Gasteiger partial charge in [-0.15, -0.1) is 11.3 Å². The number of thiazole rings is 1. The van der Waals surface area contributed by atoms with Gasteiger partial charge in [0.05, 0.1) is 22.2 Å². The van der Waals surface area contributed by atoms with Gasteiger partial charge in [-0.2, -0.15) is 0 Å². The van der Waals surface area contributed by atoms with Gasteiger partial charge in [-0.3, -0.25) is 19.2 Å². The number of nitrogens with one attached hydrogen (secondary N) is 3. The summed E-state index contributed by atoms with van der Waals surface area (Å²) in [5.41, 5.74) is 4.17. The van der Waals surface area contributed by atoms with Gasteiger partial charge in [0.2, 0.25) is 23.6 Å². The van der Waals surface area contributed by atoms with E-state index >= 15 is 0 Å². The molecule has 2 aromatic rings. The average Bonchev–Trinajstić information content (AvgIpc) is 3.57. The molecule has 0 bridgehead atoms. The van der Waals surface area contributed by atoms with Crippen LogP contribution in [0.15, 0.2) is 29.8 Å². The Morgan fingerprint density at radius 3 is 2.40 bits per heavy atom. The van der Waals surface area contributed by atoms with Crippen molar-refractivity contribution in [3.63, 3.8) is 0 Å². The van der Waals surface area contributed by atoms with Gasteiger partial charge in [0.25, 0.3) is 0 Å². The van der Waals surface area contributed by atoms with E-state index in [-0.39, 0.29) is 49.6 Å². The lowest BCUT2D eigenvalue weighted by molar-refractivity contribution is -0.144. The van der Waals surface area contributed by atoms with Crippen LogP contribution < -0.4 is 16.0 Å². The van der Waals surface area contributed by atoms with Gasteiger partial charge in [0.1, 0.15) is 12.1 Å². The minimum absolute atomic E-state index is 0.0337. The third-order valence-electron chi connectivity index (χ3n) is 7.59. The molecule has 1 aromatic heterocycles. The minimum atomic E-state index is -0.850. The number of β-amino-alcohol motifs (C(OH)–C–C–N with tert-alkyl or cyclic N) is 1. The SMILES string of the molecule is CCCC(=O)NCCCCCC(=O)N[C@H](C(=O)N1C[C@H](O)C[C@H]1C(=O)NCc1ccc(-c2scnc2C)cc1)C(C)(C)C. The fraction of sp³-hybridized carbons (Fsp3) is 0.594. The maximum Gasteiger partial charge on any atom is 0.246 e. The van der Waals surface area contributed by atoms with E-state index in [0.29, 0.717) is 19.4 Å². The van der Waals surface area contributed by atoms with Crippen LogP contribution >= 0.6 is 11.3 Å². The average molecular weight is 614 g/mol. The second kappa shape index (κ2) is 16.0. The molecule has 10 nitrogen and oxygen atoms in total. The molecule has 1 aliphatic heterocycles. The number of benzene rings is 1. The molecule has 0 radical (unpaired) electrons. The normalized spacial score (nSPS) is 17.4. The van der Waals surface area contributed by atoms with Gasteiger partial charge in [-0.25, -0.2) is 4.98 Å². The van der Waals surface area contributed by atoms with Crippen LogP contribution in [0.5, 0.6) is 0 Å². The Hall–Kier alpha value is -3.31. The summed E-state index contributed by atoms with van der Waals surface area (Å²) in [6.45, 7) is 10.4. The molecule has 0 unspecified atom stereocenters. The highest BCUT2D eigenvalue weighted by molar-refractivity contribution is 7.13. The van der Waals surface area contributed by atoms with Crippen molar-refractivity contribution in [3.05, 3.63) is 41.0 Å². The zero-order valence-corrected chi connectivity index (χ0v) is 26.9. The maximum atomic E-state index is 13.7. The molecule has 0 spiro atoms. The van der Waals surface area contributed by atoms with Crippen molar-refractivity contribution in [2.45, 2.75) is 104 Å². The highest BCUT2D eigenvalue weighted by atomic mass is 32.1. The standard InChI is InChI=1S/C32H47N5O5S/c1-6-10-26(39)33-16-9-7-8-11-27(40)36-29(32(3,4)5)31(42)37-19-24(38)17-25(37)30(41)34-18-22-12-14-23(15-13-22)28-21(2)35-20-43-28/h12-15,20,24-25,29,38H,6-11,16-19H2,1-5H3,(H,33,39)(H,34,41)(H,36,40)/t24-,25+,29-/m1/s1. The number of aryl methyl sites for hydroxylation is 1. The quantitative estimate of drug-likeness (QED) is 0.240. The first-order valence-electron chi connectivity index (χ1n) is 15.2. The fourth-order valence-corrected chi connectivity index (χ4v) is 5.96. The number of rotatable bonds is 14. The van der Waals surface area contributed by atoms with Crippen LogP contribution in [0.1, 0.15) is 83.9 Å². The topological polar surface area (TPSA) is 141 Å². The Morgan fingerprint density at radius 2 is 1.77 bits per heavy atom. The number of hydrogen-bond donors (Lipinski definition) is 4. The van der Waals surface area contributed by atoms with E-state index in [2.05, 4.69) is 20.9 Å². The third-order valence-corrected chi connectivity index (χ3v) is 8.57. The Morgan fingerprint density at radius 1 is 1.05 bits per heavy atom. The van der Waals surface area contributed by atoms with E-state index in [0.717, 1.165) is 41.0 Å². The Labute approximate surface area is 259 Å². The molecule has 3 atom stereocenters. The Balaban J connectivity index is 1.54. The van der Waals surface area contributed by atoms with Crippen LogP contribution in [0.2, 0.25) is 0 Å². The summed E-state index contributed by atoms with van der Waals surface area (Å²) in [5.74, 6) is -0.902. The van der Waals surface area contributed by atoms with E-state index in [1.54, 1.807) is 11.3 Å². The summed E-state index contributed by atoms with van der Waals surface area (Å²) < 4.78 is 0. The van der Waals surface area contributed by atoms with Crippen LogP contribution in [0.25, 0.3) is 10.4 Å². The zero-order chi connectivity index (χ0) is 31.6. The van der Waals surface area contributed by atoms with E-state index in [1.807, 2.05) is 64.4 Å². The summed E-state index contributed by atoms with van der Waals surface area (Å²) in [7, 11) is 0. The predicted molar refractivity (Wildman–Crippen MR) is 168 cm³/mol. The van der Waals surface area contributed by atoms with Gasteiger partial charge in [0, 0.05) is 38.9 Å². The first kappa shape index (κ1) is 34.2. The highest BCUT2D eigenvalue weighted by Gasteiger charge is 2.44. The monoisotopic (exact) mass is 613 g/mol. The molecule has 1 fully saturated rings. The number of nitrogens with zero attached hydrogens (tertiary/aromatic N) is 2. The highest BCUT2D eigenvalue weighted by Crippen LogP contribution is 2.28. The van der Waals surface area contributed by atoms with Crippen molar-refractivity contribution >= 4 is 35.0 Å². The molecular weight excluding hydrogens is 566 g/mol. The van der Waals surface area contributed by atoms with Crippen molar-refractivity contribution in [3.8, 4) is 10.4 Å². The van der Waals surface area contributed by atoms with Gasteiger partial charge in [-0.05, 0) is 42.7 Å². The molecule has 1 saturated heterocycles. The molecule has 1 aliphatic rings. The summed E-state index contributed by atoms with van der Waals surface area (Å²) in [6.07, 6.45) is 3.10. The second-order valence-corrected chi connectivity index (χ2v) is 13.2. The number of likely N-dealkylation sites (tertiary alicyclic amines) is 1. The van der Waals surface area contributed by atoms with Gasteiger partial charge in [-0.1, -0.05) is 58.4 Å². The number of unbranched alkanes of at least 4 members (excludes halogenated alkanes) is 2. The van der Waals surface area contributed by atoms with Crippen LogP contribution in [0.4, 0.5) is 0 Å². The molecule has 11 heteroatoms. The number of aromatic nitrogens is 1. The Bertz CT molecular complexity index is 1240. The van der Waals surface area contributed by atoms with E-state index in [4.69, 9.17) is 0 Å². The first-order valence-corrected chi connectivity index (χ1v) is 16.1. The number of hydrogen-bond acceptors (Lipinski definition) is 7. The Kier molecular flexibility index (Phi) is 12.7. The zero-order valence-electron chi connectivity index (χ0n) is 26.1. The van der Waals surface area contributed by atoms with Gasteiger partial charge in [0.15, 0.2) is 0 Å². The van der Waals surface area contributed by atoms with Crippen molar-refractivity contribution in [2.24, 2.45) is 5.41 Å². The molecule has 4 amide bonds. The largest absolute Gasteiger partial charge is 0.391 e. The van der Waals surface area contributed by atoms with E-state index in [9.17, 15) is 24.3 Å². The number of carbonyl (C=O) groups is 4. The predicted octanol–water partition coefficient (Wildman–Crippen LogP) is 3.70. The summed E-state index contributed by atoms with van der Waals surface area (Å²) in [4.78, 5) is 58.2. The number of aliphatic hydroxyl groups excluding tert-OH is 1. The summed E-state index contributed by atoms with van der Waals surface area (Å²) >= 11 is 1.58. The van der Waals surface area contributed by atoms with Crippen LogP contribution in [0, 0.1) is 12.3 Å². The summed E-state index contributed by atoms with van der Waals surface area (Å²) in [6, 6.07) is 6.23. The van der Waals surface area contributed by atoms with Crippen molar-refractivity contribution in [1.29, 1.82) is 0 Å². The maximum absolute atomic E-state index is 13.7. The third kappa shape index (κ3) is 10.1. The number of aliphatic hydroxyl groups is 1. The smallest absolute Gasteiger partial charge is 0.246 e.